The molecule has 1 aliphatic rings. The third-order valence-corrected chi connectivity index (χ3v) is 7.27. The fraction of sp³-hybridized carbons (Fsp3) is 0.435. The first kappa shape index (κ1) is 23.9. The van der Waals surface area contributed by atoms with E-state index >= 15 is 0 Å². The molecule has 1 amide bonds. The van der Waals surface area contributed by atoms with Crippen LogP contribution < -0.4 is 19.7 Å². The Morgan fingerprint density at radius 3 is 2.47 bits per heavy atom. The fourth-order valence-electron chi connectivity index (χ4n) is 3.55. The lowest BCUT2D eigenvalue weighted by Gasteiger charge is -2.35. The van der Waals surface area contributed by atoms with Crippen LogP contribution in [0.4, 0.5) is 5.69 Å². The van der Waals surface area contributed by atoms with Crippen LogP contribution in [0.15, 0.2) is 48.5 Å². The molecule has 2 aromatic carbocycles. The summed E-state index contributed by atoms with van der Waals surface area (Å²) in [5.74, 6) is 0.894. The van der Waals surface area contributed by atoms with Crippen LogP contribution in [0.2, 0.25) is 0 Å². The number of nitrogens with zero attached hydrogens (tertiary/aromatic N) is 2. The van der Waals surface area contributed by atoms with E-state index in [0.29, 0.717) is 44.1 Å². The summed E-state index contributed by atoms with van der Waals surface area (Å²) in [6, 6.07) is 15.2. The van der Waals surface area contributed by atoms with Crippen LogP contribution in [0.3, 0.4) is 0 Å². The molecule has 0 aliphatic carbocycles. The van der Waals surface area contributed by atoms with E-state index in [4.69, 9.17) is 9.47 Å². The molecule has 1 aliphatic heterocycles. The number of hydrogen-bond donors (Lipinski definition) is 1. The third-order valence-electron chi connectivity index (χ3n) is 5.31. The van der Waals surface area contributed by atoms with Gasteiger partial charge in [-0.2, -0.15) is 4.31 Å². The van der Waals surface area contributed by atoms with Crippen LogP contribution in [0, 0.1) is 6.92 Å². The van der Waals surface area contributed by atoms with Gasteiger partial charge < -0.3 is 19.7 Å². The molecule has 1 N–H and O–H groups in total. The number of amides is 1. The first-order chi connectivity index (χ1) is 15.4. The zero-order valence-electron chi connectivity index (χ0n) is 18.6. The summed E-state index contributed by atoms with van der Waals surface area (Å²) in [5.41, 5.74) is 2.31. The van der Waals surface area contributed by atoms with Crippen molar-refractivity contribution in [2.45, 2.75) is 13.3 Å². The Kier molecular flexibility index (Phi) is 8.35. The van der Waals surface area contributed by atoms with Crippen LogP contribution in [0.25, 0.3) is 0 Å². The van der Waals surface area contributed by atoms with E-state index in [1.165, 1.54) is 5.56 Å². The van der Waals surface area contributed by atoms with Crippen molar-refractivity contribution in [3.63, 3.8) is 0 Å². The SMILES string of the molecule is COc1cccc(OCC(=O)NCCCS(=O)(=O)N2CCN(c3cccc(C)c3)CC2)c1. The Labute approximate surface area is 190 Å². The van der Waals surface area contributed by atoms with Crippen molar-refractivity contribution >= 4 is 21.6 Å². The molecule has 32 heavy (non-hydrogen) atoms. The Morgan fingerprint density at radius 2 is 1.75 bits per heavy atom. The maximum atomic E-state index is 12.7. The number of carbonyl (C=O) groups is 1. The largest absolute Gasteiger partial charge is 0.497 e. The van der Waals surface area contributed by atoms with E-state index in [-0.39, 0.29) is 24.8 Å². The summed E-state index contributed by atoms with van der Waals surface area (Å²) in [4.78, 5) is 14.2. The molecule has 174 valence electrons. The van der Waals surface area contributed by atoms with Crippen LogP contribution in [-0.2, 0) is 14.8 Å². The Balaban J connectivity index is 1.35. The fourth-order valence-corrected chi connectivity index (χ4v) is 5.04. The summed E-state index contributed by atoms with van der Waals surface area (Å²) in [5, 5.41) is 2.70. The molecule has 0 unspecified atom stereocenters. The molecule has 1 saturated heterocycles. The zero-order chi connectivity index (χ0) is 23.0. The van der Waals surface area contributed by atoms with E-state index in [1.807, 2.05) is 19.1 Å². The minimum Gasteiger partial charge on any atom is -0.497 e. The Hall–Kier alpha value is -2.78. The topological polar surface area (TPSA) is 88.2 Å². The molecular formula is C23H31N3O5S. The van der Waals surface area contributed by atoms with Gasteiger partial charge in [0.1, 0.15) is 11.5 Å². The molecule has 2 aromatic rings. The number of aryl methyl sites for hydroxylation is 1. The molecule has 1 heterocycles. The standard InChI is InChI=1S/C23H31N3O5S/c1-19-6-3-7-20(16-19)25-11-13-26(14-12-25)32(28,29)15-5-10-24-23(27)18-31-22-9-4-8-21(17-22)30-2/h3-4,6-9,16-17H,5,10-15,18H2,1-2H3,(H,24,27). The highest BCUT2D eigenvalue weighted by atomic mass is 32.2. The Morgan fingerprint density at radius 1 is 1.03 bits per heavy atom. The van der Waals surface area contributed by atoms with Gasteiger partial charge in [-0.15, -0.1) is 0 Å². The van der Waals surface area contributed by atoms with Crippen molar-refractivity contribution in [1.82, 2.24) is 9.62 Å². The van der Waals surface area contributed by atoms with Gasteiger partial charge in [0.05, 0.1) is 12.9 Å². The molecule has 0 atom stereocenters. The van der Waals surface area contributed by atoms with Gasteiger partial charge in [-0.25, -0.2) is 8.42 Å². The number of hydrogen-bond acceptors (Lipinski definition) is 6. The first-order valence-electron chi connectivity index (χ1n) is 10.7. The number of benzene rings is 2. The van der Waals surface area contributed by atoms with Gasteiger partial charge in [0.15, 0.2) is 6.61 Å². The smallest absolute Gasteiger partial charge is 0.257 e. The number of piperazine rings is 1. The monoisotopic (exact) mass is 461 g/mol. The molecular weight excluding hydrogens is 430 g/mol. The minimum absolute atomic E-state index is 0.00840. The predicted octanol–water partition coefficient (Wildman–Crippen LogP) is 2.04. The molecule has 3 rings (SSSR count). The van der Waals surface area contributed by atoms with Crippen LogP contribution in [0.1, 0.15) is 12.0 Å². The average Bonchev–Trinajstić information content (AvgIpc) is 2.81. The van der Waals surface area contributed by atoms with Gasteiger partial charge in [-0.05, 0) is 43.2 Å². The van der Waals surface area contributed by atoms with E-state index in [1.54, 1.807) is 35.7 Å². The molecule has 0 spiro atoms. The van der Waals surface area contributed by atoms with Gasteiger partial charge in [0.25, 0.3) is 5.91 Å². The van der Waals surface area contributed by atoms with Crippen molar-refractivity contribution < 1.29 is 22.7 Å². The molecule has 1 fully saturated rings. The van der Waals surface area contributed by atoms with Crippen molar-refractivity contribution in [2.24, 2.45) is 0 Å². The van der Waals surface area contributed by atoms with E-state index in [9.17, 15) is 13.2 Å². The number of methoxy groups -OCH3 is 1. The van der Waals surface area contributed by atoms with Crippen molar-refractivity contribution in [3.05, 3.63) is 54.1 Å². The van der Waals surface area contributed by atoms with Crippen molar-refractivity contribution in [3.8, 4) is 11.5 Å². The second-order valence-electron chi connectivity index (χ2n) is 7.71. The van der Waals surface area contributed by atoms with E-state index in [0.717, 1.165) is 5.69 Å². The number of nitrogens with one attached hydrogen (secondary N) is 1. The van der Waals surface area contributed by atoms with Gasteiger partial charge in [-0.3, -0.25) is 4.79 Å². The van der Waals surface area contributed by atoms with E-state index in [2.05, 4.69) is 22.3 Å². The highest BCUT2D eigenvalue weighted by molar-refractivity contribution is 7.89. The molecule has 8 nitrogen and oxygen atoms in total. The number of anilines is 1. The third kappa shape index (κ3) is 6.86. The predicted molar refractivity (Wildman–Crippen MR) is 125 cm³/mol. The molecule has 0 radical (unpaired) electrons. The summed E-state index contributed by atoms with van der Waals surface area (Å²) in [6.07, 6.45) is 0.353. The molecule has 9 heteroatoms. The molecule has 0 saturated carbocycles. The maximum absolute atomic E-state index is 12.7. The van der Waals surface area contributed by atoms with Gasteiger partial charge in [0.2, 0.25) is 10.0 Å². The van der Waals surface area contributed by atoms with Crippen LogP contribution in [0.5, 0.6) is 11.5 Å². The average molecular weight is 462 g/mol. The minimum atomic E-state index is -3.35. The second-order valence-corrected chi connectivity index (χ2v) is 9.80. The lowest BCUT2D eigenvalue weighted by atomic mass is 10.2. The second kappa shape index (κ2) is 11.2. The zero-order valence-corrected chi connectivity index (χ0v) is 19.4. The number of carbonyl (C=O) groups excluding carboxylic acids is 1. The first-order valence-corrected chi connectivity index (χ1v) is 12.3. The summed E-state index contributed by atoms with van der Waals surface area (Å²) in [6.45, 7) is 4.47. The van der Waals surface area contributed by atoms with Gasteiger partial charge >= 0.3 is 0 Å². The number of rotatable bonds is 10. The van der Waals surface area contributed by atoms with Crippen LogP contribution >= 0.6 is 0 Å². The lowest BCUT2D eigenvalue weighted by molar-refractivity contribution is -0.123. The summed E-state index contributed by atoms with van der Waals surface area (Å²) < 4.78 is 37.4. The summed E-state index contributed by atoms with van der Waals surface area (Å²) in [7, 11) is -1.79. The van der Waals surface area contributed by atoms with Crippen LogP contribution in [-0.4, -0.2) is 70.8 Å². The lowest BCUT2D eigenvalue weighted by Crippen LogP contribution is -2.49. The maximum Gasteiger partial charge on any atom is 0.257 e. The normalized spacial score (nSPS) is 14.8. The molecule has 0 aromatic heterocycles. The van der Waals surface area contributed by atoms with E-state index < -0.39 is 10.0 Å². The van der Waals surface area contributed by atoms with Gasteiger partial charge in [0, 0.05) is 44.5 Å². The Bertz CT molecular complexity index is 1000. The van der Waals surface area contributed by atoms with Crippen molar-refractivity contribution in [1.29, 1.82) is 0 Å². The molecule has 0 bridgehead atoms. The quantitative estimate of drug-likeness (QED) is 0.545. The van der Waals surface area contributed by atoms with Crippen molar-refractivity contribution in [2.75, 3.05) is 57.1 Å². The highest BCUT2D eigenvalue weighted by Crippen LogP contribution is 2.20. The number of sulfonamides is 1. The summed E-state index contributed by atoms with van der Waals surface area (Å²) >= 11 is 0. The van der Waals surface area contributed by atoms with Gasteiger partial charge in [-0.1, -0.05) is 18.2 Å². The highest BCUT2D eigenvalue weighted by Gasteiger charge is 2.26. The number of ether oxygens (including phenoxy) is 2.